The molecule has 0 spiro atoms. The minimum atomic E-state index is -0.200. The van der Waals surface area contributed by atoms with Crippen LogP contribution in [0.4, 0.5) is 17.1 Å². The van der Waals surface area contributed by atoms with Gasteiger partial charge >= 0.3 is 0 Å². The van der Waals surface area contributed by atoms with Crippen molar-refractivity contribution in [3.05, 3.63) is 84.4 Å². The van der Waals surface area contributed by atoms with E-state index in [0.717, 1.165) is 11.3 Å². The van der Waals surface area contributed by atoms with Crippen molar-refractivity contribution in [3.63, 3.8) is 0 Å². The first-order valence-electron chi connectivity index (χ1n) is 9.74. The van der Waals surface area contributed by atoms with Crippen LogP contribution in [0.1, 0.15) is 12.0 Å². The summed E-state index contributed by atoms with van der Waals surface area (Å²) in [4.78, 5) is 24.5. The Bertz CT molecular complexity index is 990. The molecule has 0 unspecified atom stereocenters. The zero-order valence-electron chi connectivity index (χ0n) is 16.9. The average Bonchev–Trinajstić information content (AvgIpc) is 2.77. The SMILES string of the molecule is COc1ccccc1NCC(=O)Nc1cccc(NC(=O)CCc2ccccc2)c1. The maximum atomic E-state index is 12.3. The van der Waals surface area contributed by atoms with Crippen LogP contribution in [0.3, 0.4) is 0 Å². The molecule has 0 fully saturated rings. The van der Waals surface area contributed by atoms with Crippen LogP contribution in [0.15, 0.2) is 78.9 Å². The summed E-state index contributed by atoms with van der Waals surface area (Å²) in [6.07, 6.45) is 1.07. The first kappa shape index (κ1) is 20.9. The van der Waals surface area contributed by atoms with Gasteiger partial charge in [0.15, 0.2) is 0 Å². The Morgan fingerprint density at radius 2 is 1.47 bits per heavy atom. The van der Waals surface area contributed by atoms with Crippen molar-refractivity contribution < 1.29 is 14.3 Å². The third-order valence-corrected chi connectivity index (χ3v) is 4.46. The van der Waals surface area contributed by atoms with Crippen LogP contribution in [0.2, 0.25) is 0 Å². The Labute approximate surface area is 176 Å². The fourth-order valence-electron chi connectivity index (χ4n) is 2.97. The number of rotatable bonds is 9. The van der Waals surface area contributed by atoms with Gasteiger partial charge in [-0.3, -0.25) is 9.59 Å². The van der Waals surface area contributed by atoms with E-state index in [4.69, 9.17) is 4.74 Å². The standard InChI is InChI=1S/C24H25N3O3/c1-30-22-13-6-5-12-21(22)25-17-24(29)27-20-11-7-10-19(16-20)26-23(28)15-14-18-8-3-2-4-9-18/h2-13,16,25H,14-15,17H2,1H3,(H,26,28)(H,27,29). The Morgan fingerprint density at radius 1 is 0.800 bits per heavy atom. The van der Waals surface area contributed by atoms with Gasteiger partial charge in [-0.2, -0.15) is 0 Å². The summed E-state index contributed by atoms with van der Waals surface area (Å²) in [5.74, 6) is 0.402. The minimum absolute atomic E-state index is 0.0693. The van der Waals surface area contributed by atoms with E-state index in [-0.39, 0.29) is 18.4 Å². The topological polar surface area (TPSA) is 79.5 Å². The van der Waals surface area contributed by atoms with Crippen molar-refractivity contribution in [1.29, 1.82) is 0 Å². The number of anilines is 3. The van der Waals surface area contributed by atoms with E-state index in [1.54, 1.807) is 31.4 Å². The van der Waals surface area contributed by atoms with Gasteiger partial charge in [0.25, 0.3) is 0 Å². The molecule has 3 aromatic carbocycles. The van der Waals surface area contributed by atoms with Gasteiger partial charge in [0.1, 0.15) is 5.75 Å². The van der Waals surface area contributed by atoms with Crippen LogP contribution in [-0.4, -0.2) is 25.5 Å². The number of hydrogen-bond acceptors (Lipinski definition) is 4. The molecule has 6 nitrogen and oxygen atoms in total. The zero-order chi connectivity index (χ0) is 21.2. The number of carbonyl (C=O) groups excluding carboxylic acids is 2. The molecule has 3 rings (SSSR count). The first-order valence-corrected chi connectivity index (χ1v) is 9.74. The van der Waals surface area contributed by atoms with Crippen molar-refractivity contribution in [3.8, 4) is 5.75 Å². The third kappa shape index (κ3) is 6.38. The fourth-order valence-corrected chi connectivity index (χ4v) is 2.97. The first-order chi connectivity index (χ1) is 14.6. The van der Waals surface area contributed by atoms with E-state index < -0.39 is 0 Å². The minimum Gasteiger partial charge on any atom is -0.495 e. The molecule has 0 aliphatic rings. The molecular weight excluding hydrogens is 378 g/mol. The third-order valence-electron chi connectivity index (χ3n) is 4.46. The van der Waals surface area contributed by atoms with Gasteiger partial charge in [0, 0.05) is 17.8 Å². The number of amides is 2. The van der Waals surface area contributed by atoms with Gasteiger partial charge in [-0.15, -0.1) is 0 Å². The van der Waals surface area contributed by atoms with E-state index in [1.165, 1.54) is 0 Å². The highest BCUT2D eigenvalue weighted by molar-refractivity contribution is 5.96. The Balaban J connectivity index is 1.49. The van der Waals surface area contributed by atoms with Gasteiger partial charge in [-0.25, -0.2) is 0 Å². The number of benzene rings is 3. The van der Waals surface area contributed by atoms with Crippen LogP contribution < -0.4 is 20.7 Å². The molecule has 3 aromatic rings. The lowest BCUT2D eigenvalue weighted by Gasteiger charge is -2.12. The summed E-state index contributed by atoms with van der Waals surface area (Å²) in [5.41, 5.74) is 3.12. The lowest BCUT2D eigenvalue weighted by molar-refractivity contribution is -0.116. The maximum absolute atomic E-state index is 12.3. The lowest BCUT2D eigenvalue weighted by Crippen LogP contribution is -2.22. The molecule has 154 valence electrons. The maximum Gasteiger partial charge on any atom is 0.243 e. The molecule has 0 atom stereocenters. The van der Waals surface area contributed by atoms with Crippen LogP contribution in [0.5, 0.6) is 5.75 Å². The van der Waals surface area contributed by atoms with Crippen molar-refractivity contribution in [2.75, 3.05) is 29.6 Å². The fraction of sp³-hybridized carbons (Fsp3) is 0.167. The number of ether oxygens (including phenoxy) is 1. The van der Waals surface area contributed by atoms with E-state index in [1.807, 2.05) is 54.6 Å². The Morgan fingerprint density at radius 3 is 2.20 bits per heavy atom. The van der Waals surface area contributed by atoms with Crippen LogP contribution >= 0.6 is 0 Å². The molecule has 6 heteroatoms. The van der Waals surface area contributed by atoms with Gasteiger partial charge in [0.2, 0.25) is 11.8 Å². The zero-order valence-corrected chi connectivity index (χ0v) is 16.9. The van der Waals surface area contributed by atoms with E-state index in [0.29, 0.717) is 30.0 Å². The largest absolute Gasteiger partial charge is 0.495 e. The summed E-state index contributed by atoms with van der Waals surface area (Å²) in [6.45, 7) is 0.0913. The summed E-state index contributed by atoms with van der Waals surface area (Å²) in [6, 6.07) is 24.4. The van der Waals surface area contributed by atoms with E-state index in [9.17, 15) is 9.59 Å². The number of carbonyl (C=O) groups is 2. The Hall–Kier alpha value is -3.80. The second kappa shape index (κ2) is 10.7. The Kier molecular flexibility index (Phi) is 7.44. The molecule has 0 saturated carbocycles. The molecule has 0 aliphatic carbocycles. The van der Waals surface area contributed by atoms with Crippen LogP contribution in [0, 0.1) is 0 Å². The lowest BCUT2D eigenvalue weighted by atomic mass is 10.1. The predicted molar refractivity (Wildman–Crippen MR) is 120 cm³/mol. The van der Waals surface area contributed by atoms with Crippen molar-refractivity contribution in [2.45, 2.75) is 12.8 Å². The molecule has 0 aliphatic heterocycles. The summed E-state index contributed by atoms with van der Waals surface area (Å²) in [5, 5.41) is 8.76. The second-order valence-electron chi connectivity index (χ2n) is 6.72. The highest BCUT2D eigenvalue weighted by Gasteiger charge is 2.07. The van der Waals surface area contributed by atoms with Gasteiger partial charge in [-0.05, 0) is 42.3 Å². The van der Waals surface area contributed by atoms with Crippen molar-refractivity contribution in [1.82, 2.24) is 0 Å². The highest BCUT2D eigenvalue weighted by atomic mass is 16.5. The molecule has 0 radical (unpaired) electrons. The molecule has 3 N–H and O–H groups in total. The van der Waals surface area contributed by atoms with Gasteiger partial charge in [0.05, 0.1) is 19.3 Å². The van der Waals surface area contributed by atoms with Gasteiger partial charge in [-0.1, -0.05) is 48.5 Å². The number of nitrogens with one attached hydrogen (secondary N) is 3. The predicted octanol–water partition coefficient (Wildman–Crippen LogP) is 4.32. The van der Waals surface area contributed by atoms with Gasteiger partial charge < -0.3 is 20.7 Å². The summed E-state index contributed by atoms with van der Waals surface area (Å²) in [7, 11) is 1.58. The molecular formula is C24H25N3O3. The van der Waals surface area contributed by atoms with Crippen molar-refractivity contribution in [2.24, 2.45) is 0 Å². The highest BCUT2D eigenvalue weighted by Crippen LogP contribution is 2.22. The summed E-state index contributed by atoms with van der Waals surface area (Å²) >= 11 is 0. The monoisotopic (exact) mass is 403 g/mol. The molecule has 0 saturated heterocycles. The van der Waals surface area contributed by atoms with Crippen molar-refractivity contribution >= 4 is 28.9 Å². The summed E-state index contributed by atoms with van der Waals surface area (Å²) < 4.78 is 5.26. The number of hydrogen-bond donors (Lipinski definition) is 3. The number of para-hydroxylation sites is 2. The molecule has 30 heavy (non-hydrogen) atoms. The smallest absolute Gasteiger partial charge is 0.243 e. The molecule has 2 amide bonds. The number of methoxy groups -OCH3 is 1. The molecule has 0 aromatic heterocycles. The number of aryl methyl sites for hydroxylation is 1. The quantitative estimate of drug-likeness (QED) is 0.497. The normalized spacial score (nSPS) is 10.2. The van der Waals surface area contributed by atoms with Crippen LogP contribution in [0.25, 0.3) is 0 Å². The van der Waals surface area contributed by atoms with Crippen LogP contribution in [-0.2, 0) is 16.0 Å². The second-order valence-corrected chi connectivity index (χ2v) is 6.72. The van der Waals surface area contributed by atoms with E-state index in [2.05, 4.69) is 16.0 Å². The molecule has 0 bridgehead atoms. The average molecular weight is 403 g/mol. The van der Waals surface area contributed by atoms with E-state index >= 15 is 0 Å². The molecule has 0 heterocycles.